The number of hydrogen-bond donors (Lipinski definition) is 2. The quantitative estimate of drug-likeness (QED) is 0.251. The summed E-state index contributed by atoms with van der Waals surface area (Å²) in [6.07, 6.45) is 4.58. The van der Waals surface area contributed by atoms with E-state index in [1.165, 1.54) is 12.4 Å². The number of benzene rings is 2. The Morgan fingerprint density at radius 1 is 0.914 bits per heavy atom. The van der Waals surface area contributed by atoms with E-state index in [0.29, 0.717) is 49.2 Å². The molecule has 3 heterocycles. The van der Waals surface area contributed by atoms with E-state index in [0.717, 1.165) is 11.1 Å². The van der Waals surface area contributed by atoms with E-state index in [4.69, 9.17) is 14.7 Å². The summed E-state index contributed by atoms with van der Waals surface area (Å²) in [4.78, 5) is 37.3. The van der Waals surface area contributed by atoms with E-state index < -0.39 is 5.91 Å². The molecule has 2 aromatic carbocycles. The van der Waals surface area contributed by atoms with E-state index in [-0.39, 0.29) is 18.3 Å². The largest absolute Gasteiger partial charge is 0.454 e. The highest BCUT2D eigenvalue weighted by Gasteiger charge is 2.26. The van der Waals surface area contributed by atoms with Gasteiger partial charge in [0.05, 0.1) is 5.56 Å². The van der Waals surface area contributed by atoms with Gasteiger partial charge in [-0.3, -0.25) is 14.8 Å². The summed E-state index contributed by atoms with van der Waals surface area (Å²) in [5, 5.41) is 8.73. The molecule has 35 heavy (non-hydrogen) atoms. The number of aromatic nitrogens is 2. The summed E-state index contributed by atoms with van der Waals surface area (Å²) in [6, 6.07) is 15.2. The Hall–Kier alpha value is -4.44. The molecular formula is C25H23N5O5. The number of hydrogen-bond acceptors (Lipinski definition) is 8. The number of anilines is 1. The fourth-order valence-electron chi connectivity index (χ4n) is 4.00. The number of amides is 2. The lowest BCUT2D eigenvalue weighted by Gasteiger charge is -2.35. The zero-order valence-electron chi connectivity index (χ0n) is 18.8. The number of carbonyl (C=O) groups excluding carboxylic acids is 2. The van der Waals surface area contributed by atoms with Gasteiger partial charge in [-0.15, -0.1) is 0 Å². The van der Waals surface area contributed by atoms with E-state index in [2.05, 4.69) is 9.97 Å². The average molecular weight is 473 g/mol. The van der Waals surface area contributed by atoms with Crippen molar-refractivity contribution < 1.29 is 24.3 Å². The fraction of sp³-hybridized carbons (Fsp3) is 0.200. The van der Waals surface area contributed by atoms with Crippen molar-refractivity contribution in [2.75, 3.05) is 37.9 Å². The van der Waals surface area contributed by atoms with Crippen molar-refractivity contribution in [2.45, 2.75) is 0 Å². The number of fused-ring (bicyclic) bond motifs is 1. The smallest absolute Gasteiger partial charge is 0.277 e. The standard InChI is InChI=1S/C25H23N5O5/c31-23(28-33)19-14-26-25(27-15-19)30-10-8-29(9-11-30)24(32)20(18-4-2-1-3-5-18)12-17-6-7-21-22(13-17)35-16-34-21/h1-7,12-15,33H,8-11,16H2,(H,28,31). The molecule has 0 radical (unpaired) electrons. The lowest BCUT2D eigenvalue weighted by Crippen LogP contribution is -2.49. The minimum Gasteiger partial charge on any atom is -0.454 e. The van der Waals surface area contributed by atoms with Gasteiger partial charge in [0.25, 0.3) is 11.8 Å². The van der Waals surface area contributed by atoms with E-state index in [9.17, 15) is 9.59 Å². The molecule has 2 aliphatic heterocycles. The Bertz CT molecular complexity index is 1250. The number of nitrogens with one attached hydrogen (secondary N) is 1. The molecule has 1 fully saturated rings. The van der Waals surface area contributed by atoms with Gasteiger partial charge in [-0.1, -0.05) is 36.4 Å². The molecule has 10 nitrogen and oxygen atoms in total. The van der Waals surface area contributed by atoms with E-state index >= 15 is 0 Å². The molecule has 2 N–H and O–H groups in total. The van der Waals surface area contributed by atoms with Crippen molar-refractivity contribution in [1.82, 2.24) is 20.3 Å². The molecule has 2 aliphatic rings. The van der Waals surface area contributed by atoms with Crippen LogP contribution in [-0.2, 0) is 4.79 Å². The molecular weight excluding hydrogens is 450 g/mol. The zero-order valence-corrected chi connectivity index (χ0v) is 18.8. The summed E-state index contributed by atoms with van der Waals surface area (Å²) in [5.74, 6) is 1.08. The molecule has 0 unspecified atom stereocenters. The molecule has 1 saturated heterocycles. The molecule has 10 heteroatoms. The summed E-state index contributed by atoms with van der Waals surface area (Å²) in [6.45, 7) is 2.27. The van der Waals surface area contributed by atoms with Crippen LogP contribution >= 0.6 is 0 Å². The van der Waals surface area contributed by atoms with Gasteiger partial charge in [-0.2, -0.15) is 0 Å². The second kappa shape index (κ2) is 9.82. The predicted octanol–water partition coefficient (Wildman–Crippen LogP) is 2.21. The molecule has 178 valence electrons. The van der Waals surface area contributed by atoms with Crippen LogP contribution in [0.15, 0.2) is 60.9 Å². The van der Waals surface area contributed by atoms with Gasteiger partial charge in [0.2, 0.25) is 12.7 Å². The molecule has 0 bridgehead atoms. The van der Waals surface area contributed by atoms with Gasteiger partial charge in [-0.25, -0.2) is 15.4 Å². The SMILES string of the molecule is O=C(NO)c1cnc(N2CCN(C(=O)C(=Cc3ccc4c(c3)OCO4)c3ccccc3)CC2)nc1. The molecule has 1 aromatic heterocycles. The molecule has 3 aromatic rings. The van der Waals surface area contributed by atoms with Gasteiger partial charge in [0.1, 0.15) is 0 Å². The molecule has 2 amide bonds. The number of piperazine rings is 1. The maximum atomic E-state index is 13.6. The second-order valence-corrected chi connectivity index (χ2v) is 8.03. The lowest BCUT2D eigenvalue weighted by molar-refractivity contribution is -0.125. The summed E-state index contributed by atoms with van der Waals surface area (Å²) < 4.78 is 10.9. The molecule has 0 atom stereocenters. The van der Waals surface area contributed by atoms with E-state index in [1.54, 1.807) is 5.48 Å². The highest BCUT2D eigenvalue weighted by molar-refractivity contribution is 6.24. The monoisotopic (exact) mass is 473 g/mol. The number of nitrogens with zero attached hydrogens (tertiary/aromatic N) is 4. The first-order valence-corrected chi connectivity index (χ1v) is 11.1. The number of rotatable bonds is 5. The Kier molecular flexibility index (Phi) is 6.27. The molecule has 0 spiro atoms. The Labute approximate surface area is 201 Å². The van der Waals surface area contributed by atoms with Crippen molar-refractivity contribution >= 4 is 29.4 Å². The third-order valence-corrected chi connectivity index (χ3v) is 5.87. The minimum atomic E-state index is -0.672. The number of ether oxygens (including phenoxy) is 2. The number of hydroxylamine groups is 1. The van der Waals surface area contributed by atoms with Gasteiger partial charge >= 0.3 is 0 Å². The second-order valence-electron chi connectivity index (χ2n) is 8.03. The summed E-state index contributed by atoms with van der Waals surface area (Å²) in [7, 11) is 0. The van der Waals surface area contributed by atoms with Crippen molar-refractivity contribution in [2.24, 2.45) is 0 Å². The Morgan fingerprint density at radius 2 is 1.63 bits per heavy atom. The summed E-state index contributed by atoms with van der Waals surface area (Å²) >= 11 is 0. The highest BCUT2D eigenvalue weighted by atomic mass is 16.7. The van der Waals surface area contributed by atoms with Crippen molar-refractivity contribution in [3.63, 3.8) is 0 Å². The lowest BCUT2D eigenvalue weighted by atomic mass is 10.0. The molecule has 0 aliphatic carbocycles. The first-order chi connectivity index (χ1) is 17.1. The van der Waals surface area contributed by atoms with Crippen molar-refractivity contribution in [3.8, 4) is 11.5 Å². The van der Waals surface area contributed by atoms with Gasteiger partial charge in [0.15, 0.2) is 11.5 Å². The maximum absolute atomic E-state index is 13.6. The first-order valence-electron chi connectivity index (χ1n) is 11.1. The molecule has 0 saturated carbocycles. The maximum Gasteiger partial charge on any atom is 0.277 e. The fourth-order valence-corrected chi connectivity index (χ4v) is 4.00. The van der Waals surface area contributed by atoms with Crippen LogP contribution in [0.3, 0.4) is 0 Å². The van der Waals surface area contributed by atoms with Crippen LogP contribution in [0, 0.1) is 0 Å². The predicted molar refractivity (Wildman–Crippen MR) is 127 cm³/mol. The topological polar surface area (TPSA) is 117 Å². The minimum absolute atomic E-state index is 0.0654. The van der Waals surface area contributed by atoms with Gasteiger partial charge in [-0.05, 0) is 29.3 Å². The molecule has 5 rings (SSSR count). The van der Waals surface area contributed by atoms with Crippen LogP contribution < -0.4 is 19.9 Å². The zero-order chi connectivity index (χ0) is 24.2. The van der Waals surface area contributed by atoms with Gasteiger partial charge < -0.3 is 19.3 Å². The Morgan fingerprint density at radius 3 is 2.34 bits per heavy atom. The third kappa shape index (κ3) is 4.78. The van der Waals surface area contributed by atoms with Crippen LogP contribution in [0.2, 0.25) is 0 Å². The van der Waals surface area contributed by atoms with Crippen LogP contribution in [0.5, 0.6) is 11.5 Å². The Balaban J connectivity index is 1.33. The van der Waals surface area contributed by atoms with Gasteiger partial charge in [0, 0.05) is 44.1 Å². The summed E-state index contributed by atoms with van der Waals surface area (Å²) in [5.41, 5.74) is 3.99. The number of carbonyl (C=O) groups is 2. The van der Waals surface area contributed by atoms with Crippen molar-refractivity contribution in [3.05, 3.63) is 77.6 Å². The van der Waals surface area contributed by atoms with Crippen LogP contribution in [0.25, 0.3) is 11.6 Å². The van der Waals surface area contributed by atoms with E-state index in [1.807, 2.05) is 64.4 Å². The van der Waals surface area contributed by atoms with Crippen LogP contribution in [0.4, 0.5) is 5.95 Å². The normalized spacial score (nSPS) is 15.2. The highest BCUT2D eigenvalue weighted by Crippen LogP contribution is 2.34. The third-order valence-electron chi connectivity index (χ3n) is 5.87. The van der Waals surface area contributed by atoms with Crippen LogP contribution in [-0.4, -0.2) is 64.9 Å². The average Bonchev–Trinajstić information content (AvgIpc) is 3.40. The first kappa shape index (κ1) is 22.4. The van der Waals surface area contributed by atoms with Crippen molar-refractivity contribution in [1.29, 1.82) is 0 Å². The van der Waals surface area contributed by atoms with Crippen LogP contribution in [0.1, 0.15) is 21.5 Å².